The zero-order valence-electron chi connectivity index (χ0n) is 13.0. The lowest BCUT2D eigenvalue weighted by Crippen LogP contribution is -2.45. The van der Waals surface area contributed by atoms with E-state index in [2.05, 4.69) is 5.32 Å². The van der Waals surface area contributed by atoms with Gasteiger partial charge in [0.15, 0.2) is 11.5 Å². The predicted molar refractivity (Wildman–Crippen MR) is 80.3 cm³/mol. The average molecular weight is 280 g/mol. The van der Waals surface area contributed by atoms with Gasteiger partial charge in [-0.05, 0) is 24.0 Å². The molecule has 0 aliphatic rings. The number of anilines is 1. The first kappa shape index (κ1) is 16.3. The highest BCUT2D eigenvalue weighted by Gasteiger charge is 2.27. The van der Waals surface area contributed by atoms with E-state index in [1.807, 2.05) is 33.8 Å². The fourth-order valence-corrected chi connectivity index (χ4v) is 1.72. The highest BCUT2D eigenvalue weighted by Crippen LogP contribution is 2.33. The molecule has 0 saturated heterocycles. The van der Waals surface area contributed by atoms with Gasteiger partial charge in [0.1, 0.15) is 0 Å². The van der Waals surface area contributed by atoms with Crippen molar-refractivity contribution in [3.05, 3.63) is 17.7 Å². The Balaban J connectivity index is 3.01. The molecule has 0 radical (unpaired) electrons. The topological polar surface area (TPSA) is 73.6 Å². The molecule has 1 atom stereocenters. The molecule has 1 aromatic carbocycles. The van der Waals surface area contributed by atoms with Gasteiger partial charge in [-0.15, -0.1) is 0 Å². The molecular weight excluding hydrogens is 256 g/mol. The van der Waals surface area contributed by atoms with Crippen LogP contribution in [0.2, 0.25) is 0 Å². The van der Waals surface area contributed by atoms with Crippen LogP contribution in [0.1, 0.15) is 26.3 Å². The summed E-state index contributed by atoms with van der Waals surface area (Å²) >= 11 is 0. The highest BCUT2D eigenvalue weighted by atomic mass is 16.5. The maximum atomic E-state index is 12.2. The van der Waals surface area contributed by atoms with Crippen molar-refractivity contribution in [3.63, 3.8) is 0 Å². The minimum atomic E-state index is -0.588. The molecule has 0 saturated carbocycles. The van der Waals surface area contributed by atoms with Gasteiger partial charge in [0.25, 0.3) is 0 Å². The van der Waals surface area contributed by atoms with Crippen LogP contribution in [0.5, 0.6) is 11.5 Å². The van der Waals surface area contributed by atoms with Gasteiger partial charge in [-0.25, -0.2) is 0 Å². The number of aryl methyl sites for hydroxylation is 1. The van der Waals surface area contributed by atoms with E-state index < -0.39 is 6.04 Å². The molecule has 0 unspecified atom stereocenters. The van der Waals surface area contributed by atoms with E-state index in [1.54, 1.807) is 20.3 Å². The zero-order chi connectivity index (χ0) is 15.5. The van der Waals surface area contributed by atoms with Crippen molar-refractivity contribution in [2.24, 2.45) is 11.1 Å². The number of ether oxygens (including phenoxy) is 2. The molecule has 1 rings (SSSR count). The van der Waals surface area contributed by atoms with E-state index in [0.29, 0.717) is 17.2 Å². The Morgan fingerprint density at radius 3 is 2.15 bits per heavy atom. The summed E-state index contributed by atoms with van der Waals surface area (Å²) in [5.74, 6) is 0.980. The number of methoxy groups -OCH3 is 2. The molecule has 3 N–H and O–H groups in total. The maximum Gasteiger partial charge on any atom is 0.241 e. The minimum absolute atomic E-state index is 0.215. The van der Waals surface area contributed by atoms with Crippen LogP contribution in [-0.2, 0) is 4.79 Å². The number of benzene rings is 1. The van der Waals surface area contributed by atoms with Crippen LogP contribution in [0, 0.1) is 12.3 Å². The summed E-state index contributed by atoms with van der Waals surface area (Å²) in [5, 5.41) is 2.84. The standard InChI is InChI=1S/C15H24N2O3/c1-9-7-11(19-5)12(20-6)8-10(9)17-14(18)13(16)15(2,3)4/h7-8,13H,16H2,1-6H3,(H,17,18)/t13-/m0/s1. The fraction of sp³-hybridized carbons (Fsp3) is 0.533. The van der Waals surface area contributed by atoms with E-state index >= 15 is 0 Å². The van der Waals surface area contributed by atoms with Gasteiger partial charge < -0.3 is 20.5 Å². The third-order valence-electron chi connectivity index (χ3n) is 3.20. The van der Waals surface area contributed by atoms with Crippen LogP contribution in [0.25, 0.3) is 0 Å². The van der Waals surface area contributed by atoms with Crippen molar-refractivity contribution >= 4 is 11.6 Å². The first-order chi connectivity index (χ1) is 9.20. The Hall–Kier alpha value is -1.75. The van der Waals surface area contributed by atoms with Gasteiger partial charge in [0.05, 0.1) is 20.3 Å². The molecule has 0 bridgehead atoms. The molecule has 5 heteroatoms. The van der Waals surface area contributed by atoms with Crippen molar-refractivity contribution < 1.29 is 14.3 Å². The van der Waals surface area contributed by atoms with Crippen molar-refractivity contribution in [2.45, 2.75) is 33.7 Å². The monoisotopic (exact) mass is 280 g/mol. The second kappa shape index (κ2) is 6.13. The Morgan fingerprint density at radius 2 is 1.70 bits per heavy atom. The Kier molecular flexibility index (Phi) is 5.00. The Bertz CT molecular complexity index is 493. The van der Waals surface area contributed by atoms with Crippen LogP contribution in [0.15, 0.2) is 12.1 Å². The van der Waals surface area contributed by atoms with Gasteiger partial charge in [-0.3, -0.25) is 4.79 Å². The molecule has 5 nitrogen and oxygen atoms in total. The van der Waals surface area contributed by atoms with Gasteiger partial charge >= 0.3 is 0 Å². The van der Waals surface area contributed by atoms with Crippen LogP contribution >= 0.6 is 0 Å². The van der Waals surface area contributed by atoms with E-state index in [0.717, 1.165) is 5.56 Å². The smallest absolute Gasteiger partial charge is 0.241 e. The Morgan fingerprint density at radius 1 is 1.20 bits per heavy atom. The van der Waals surface area contributed by atoms with Gasteiger partial charge in [0, 0.05) is 11.8 Å². The highest BCUT2D eigenvalue weighted by molar-refractivity contribution is 5.96. The predicted octanol–water partition coefficient (Wildman–Crippen LogP) is 2.32. The lowest BCUT2D eigenvalue weighted by molar-refractivity contribution is -0.119. The van der Waals surface area contributed by atoms with Crippen molar-refractivity contribution in [2.75, 3.05) is 19.5 Å². The van der Waals surface area contributed by atoms with Crippen molar-refractivity contribution in [3.8, 4) is 11.5 Å². The molecule has 20 heavy (non-hydrogen) atoms. The van der Waals surface area contributed by atoms with Crippen molar-refractivity contribution in [1.29, 1.82) is 0 Å². The normalized spacial score (nSPS) is 12.8. The molecule has 1 amide bonds. The van der Waals surface area contributed by atoms with E-state index in [4.69, 9.17) is 15.2 Å². The fourth-order valence-electron chi connectivity index (χ4n) is 1.72. The summed E-state index contributed by atoms with van der Waals surface area (Å²) in [5.41, 5.74) is 7.21. The quantitative estimate of drug-likeness (QED) is 0.887. The number of carbonyl (C=O) groups is 1. The maximum absolute atomic E-state index is 12.2. The van der Waals surface area contributed by atoms with E-state index in [-0.39, 0.29) is 11.3 Å². The van der Waals surface area contributed by atoms with Crippen LogP contribution in [0.4, 0.5) is 5.69 Å². The van der Waals surface area contributed by atoms with Crippen LogP contribution < -0.4 is 20.5 Å². The summed E-state index contributed by atoms with van der Waals surface area (Å²) in [4.78, 5) is 12.2. The van der Waals surface area contributed by atoms with Crippen LogP contribution in [0.3, 0.4) is 0 Å². The lowest BCUT2D eigenvalue weighted by Gasteiger charge is -2.26. The van der Waals surface area contributed by atoms with Gasteiger partial charge in [-0.2, -0.15) is 0 Å². The van der Waals surface area contributed by atoms with Crippen LogP contribution in [-0.4, -0.2) is 26.2 Å². The summed E-state index contributed by atoms with van der Waals surface area (Å²) < 4.78 is 10.4. The number of hydrogen-bond acceptors (Lipinski definition) is 4. The minimum Gasteiger partial charge on any atom is -0.493 e. The molecular formula is C15H24N2O3. The van der Waals surface area contributed by atoms with E-state index in [1.165, 1.54) is 0 Å². The molecule has 0 heterocycles. The number of hydrogen-bond donors (Lipinski definition) is 2. The SMILES string of the molecule is COc1cc(C)c(NC(=O)[C@H](N)C(C)(C)C)cc1OC. The molecule has 0 spiro atoms. The number of amides is 1. The molecule has 0 aliphatic heterocycles. The summed E-state index contributed by atoms with van der Waals surface area (Å²) in [6, 6.07) is 2.97. The number of nitrogens with one attached hydrogen (secondary N) is 1. The Labute approximate surface area is 120 Å². The molecule has 0 fully saturated rings. The summed E-state index contributed by atoms with van der Waals surface area (Å²) in [6.45, 7) is 7.68. The third kappa shape index (κ3) is 3.63. The van der Waals surface area contributed by atoms with Crippen molar-refractivity contribution in [1.82, 2.24) is 0 Å². The second-order valence-corrected chi connectivity index (χ2v) is 5.86. The zero-order valence-corrected chi connectivity index (χ0v) is 13.0. The average Bonchev–Trinajstić information content (AvgIpc) is 2.38. The largest absolute Gasteiger partial charge is 0.493 e. The van der Waals surface area contributed by atoms with E-state index in [9.17, 15) is 4.79 Å². The first-order valence-electron chi connectivity index (χ1n) is 6.49. The molecule has 0 aliphatic carbocycles. The third-order valence-corrected chi connectivity index (χ3v) is 3.20. The lowest BCUT2D eigenvalue weighted by atomic mass is 9.87. The number of nitrogens with two attached hydrogens (primary N) is 1. The molecule has 0 aromatic heterocycles. The number of carbonyl (C=O) groups excluding carboxylic acids is 1. The second-order valence-electron chi connectivity index (χ2n) is 5.86. The van der Waals surface area contributed by atoms with Gasteiger partial charge in [0.2, 0.25) is 5.91 Å². The molecule has 112 valence electrons. The summed E-state index contributed by atoms with van der Waals surface area (Å²) in [7, 11) is 3.13. The number of rotatable bonds is 4. The van der Waals surface area contributed by atoms with Gasteiger partial charge in [-0.1, -0.05) is 20.8 Å². The summed E-state index contributed by atoms with van der Waals surface area (Å²) in [6.07, 6.45) is 0. The first-order valence-corrected chi connectivity index (χ1v) is 6.49. The molecule has 1 aromatic rings.